The molecule has 0 heterocycles. The van der Waals surface area contributed by atoms with Crippen LogP contribution in [-0.2, 0) is 0 Å². The van der Waals surface area contributed by atoms with Crippen molar-refractivity contribution in [2.75, 3.05) is 19.5 Å². The van der Waals surface area contributed by atoms with E-state index in [4.69, 9.17) is 9.47 Å². The molecule has 6 heteroatoms. The number of carbonyl (C=O) groups is 2. The summed E-state index contributed by atoms with van der Waals surface area (Å²) in [5.74, 6) is 0.675. The van der Waals surface area contributed by atoms with Gasteiger partial charge in [0.25, 0.3) is 11.8 Å². The largest absolute Gasteiger partial charge is 0.497 e. The lowest BCUT2D eigenvalue weighted by atomic mass is 10.1. The van der Waals surface area contributed by atoms with E-state index < -0.39 is 0 Å². The molecule has 0 aliphatic carbocycles. The Morgan fingerprint density at radius 3 is 2.00 bits per heavy atom. The average Bonchev–Trinajstić information content (AvgIpc) is 2.61. The topological polar surface area (TPSA) is 76.7 Å². The monoisotopic (exact) mass is 342 g/mol. The van der Waals surface area contributed by atoms with Crippen LogP contribution in [0.2, 0.25) is 0 Å². The fourth-order valence-corrected chi connectivity index (χ4v) is 2.21. The second-order valence-electron chi connectivity index (χ2n) is 5.73. The Bertz CT molecular complexity index is 755. The Kier molecular flexibility index (Phi) is 6.00. The smallest absolute Gasteiger partial charge is 0.255 e. The maximum Gasteiger partial charge on any atom is 0.255 e. The Morgan fingerprint density at radius 2 is 1.48 bits per heavy atom. The number of methoxy groups -OCH3 is 2. The molecule has 0 saturated heterocycles. The zero-order chi connectivity index (χ0) is 18.4. The van der Waals surface area contributed by atoms with Crippen LogP contribution >= 0.6 is 0 Å². The first kappa shape index (κ1) is 18.3. The van der Waals surface area contributed by atoms with Gasteiger partial charge in [0.05, 0.1) is 19.9 Å². The third kappa shape index (κ3) is 4.73. The second kappa shape index (κ2) is 8.19. The molecule has 2 aromatic rings. The van der Waals surface area contributed by atoms with Crippen molar-refractivity contribution in [2.24, 2.45) is 0 Å². The summed E-state index contributed by atoms with van der Waals surface area (Å²) in [6, 6.07) is 11.7. The average molecular weight is 342 g/mol. The van der Waals surface area contributed by atoms with Crippen LogP contribution in [0.5, 0.6) is 11.5 Å². The molecule has 0 saturated carbocycles. The van der Waals surface area contributed by atoms with Crippen LogP contribution < -0.4 is 20.1 Å². The summed E-state index contributed by atoms with van der Waals surface area (Å²) in [7, 11) is 3.08. The molecular formula is C19H22N2O4. The van der Waals surface area contributed by atoms with Crippen LogP contribution in [0.25, 0.3) is 0 Å². The number of rotatable bonds is 6. The van der Waals surface area contributed by atoms with Crippen molar-refractivity contribution in [3.05, 3.63) is 53.6 Å². The van der Waals surface area contributed by atoms with E-state index in [1.807, 2.05) is 13.8 Å². The molecule has 0 spiro atoms. The first-order chi connectivity index (χ1) is 11.9. The molecule has 0 fully saturated rings. The van der Waals surface area contributed by atoms with Gasteiger partial charge in [-0.05, 0) is 50.2 Å². The van der Waals surface area contributed by atoms with Crippen LogP contribution in [0.1, 0.15) is 34.6 Å². The van der Waals surface area contributed by atoms with E-state index in [0.717, 1.165) is 0 Å². The van der Waals surface area contributed by atoms with Crippen molar-refractivity contribution in [1.82, 2.24) is 5.32 Å². The lowest BCUT2D eigenvalue weighted by molar-refractivity contribution is 0.0941. The number of nitrogens with one attached hydrogen (secondary N) is 2. The molecule has 2 rings (SSSR count). The standard InChI is InChI=1S/C19H22N2O4/c1-12(2)20-18(22)13-5-7-14(8-6-13)19(23)21-16-10-9-15(24-3)11-17(16)25-4/h5-12H,1-4H3,(H,20,22)(H,21,23). The highest BCUT2D eigenvalue weighted by molar-refractivity contribution is 6.05. The van der Waals surface area contributed by atoms with Gasteiger partial charge in [-0.15, -0.1) is 0 Å². The number of hydrogen-bond acceptors (Lipinski definition) is 4. The molecule has 0 aliphatic heterocycles. The summed E-state index contributed by atoms with van der Waals surface area (Å²) in [6.07, 6.45) is 0. The van der Waals surface area contributed by atoms with Gasteiger partial charge < -0.3 is 20.1 Å². The minimum Gasteiger partial charge on any atom is -0.497 e. The summed E-state index contributed by atoms with van der Waals surface area (Å²) in [5.41, 5.74) is 1.49. The van der Waals surface area contributed by atoms with Crippen molar-refractivity contribution < 1.29 is 19.1 Å². The van der Waals surface area contributed by atoms with Crippen molar-refractivity contribution in [2.45, 2.75) is 19.9 Å². The van der Waals surface area contributed by atoms with Crippen LogP contribution in [0.4, 0.5) is 5.69 Å². The van der Waals surface area contributed by atoms with Gasteiger partial charge in [0.1, 0.15) is 11.5 Å². The van der Waals surface area contributed by atoms with Gasteiger partial charge in [0.15, 0.2) is 0 Å². The molecule has 0 atom stereocenters. The SMILES string of the molecule is COc1ccc(NC(=O)c2ccc(C(=O)NC(C)C)cc2)c(OC)c1. The summed E-state index contributed by atoms with van der Waals surface area (Å²) in [4.78, 5) is 24.3. The molecule has 2 amide bonds. The molecule has 0 unspecified atom stereocenters. The van der Waals surface area contributed by atoms with Gasteiger partial charge in [-0.25, -0.2) is 0 Å². The molecule has 0 bridgehead atoms. The van der Waals surface area contributed by atoms with Gasteiger partial charge >= 0.3 is 0 Å². The molecule has 0 radical (unpaired) electrons. The van der Waals surface area contributed by atoms with Crippen LogP contribution in [0, 0.1) is 0 Å². The second-order valence-corrected chi connectivity index (χ2v) is 5.73. The highest BCUT2D eigenvalue weighted by Gasteiger charge is 2.12. The van der Waals surface area contributed by atoms with Gasteiger partial charge in [-0.1, -0.05) is 0 Å². The minimum absolute atomic E-state index is 0.0537. The van der Waals surface area contributed by atoms with E-state index in [9.17, 15) is 9.59 Å². The molecule has 0 aliphatic rings. The normalized spacial score (nSPS) is 10.3. The maximum absolute atomic E-state index is 12.4. The first-order valence-corrected chi connectivity index (χ1v) is 7.89. The quantitative estimate of drug-likeness (QED) is 0.846. The number of amides is 2. The van der Waals surface area contributed by atoms with Gasteiger partial charge in [-0.3, -0.25) is 9.59 Å². The minimum atomic E-state index is -0.292. The van der Waals surface area contributed by atoms with E-state index in [0.29, 0.717) is 28.3 Å². The third-order valence-corrected chi connectivity index (χ3v) is 3.49. The number of ether oxygens (including phenoxy) is 2. The highest BCUT2D eigenvalue weighted by atomic mass is 16.5. The van der Waals surface area contributed by atoms with Crippen LogP contribution in [0.15, 0.2) is 42.5 Å². The predicted octanol–water partition coefficient (Wildman–Crippen LogP) is 3.09. The van der Waals surface area contributed by atoms with Crippen molar-refractivity contribution >= 4 is 17.5 Å². The van der Waals surface area contributed by atoms with Gasteiger partial charge in [0.2, 0.25) is 0 Å². The Hall–Kier alpha value is -3.02. The number of benzene rings is 2. The fraction of sp³-hybridized carbons (Fsp3) is 0.263. The van der Waals surface area contributed by atoms with Crippen molar-refractivity contribution in [3.63, 3.8) is 0 Å². The highest BCUT2D eigenvalue weighted by Crippen LogP contribution is 2.29. The zero-order valence-electron chi connectivity index (χ0n) is 14.8. The Labute approximate surface area is 147 Å². The molecule has 25 heavy (non-hydrogen) atoms. The molecule has 2 aromatic carbocycles. The maximum atomic E-state index is 12.4. The molecule has 6 nitrogen and oxygen atoms in total. The summed E-state index contributed by atoms with van der Waals surface area (Å²) in [6.45, 7) is 3.78. The van der Waals surface area contributed by atoms with E-state index in [1.165, 1.54) is 7.11 Å². The van der Waals surface area contributed by atoms with Crippen LogP contribution in [-0.4, -0.2) is 32.1 Å². The van der Waals surface area contributed by atoms with Crippen molar-refractivity contribution in [1.29, 1.82) is 0 Å². The fourth-order valence-electron chi connectivity index (χ4n) is 2.21. The lowest BCUT2D eigenvalue weighted by Crippen LogP contribution is -2.30. The lowest BCUT2D eigenvalue weighted by Gasteiger charge is -2.12. The molecular weight excluding hydrogens is 320 g/mol. The summed E-state index contributed by atoms with van der Waals surface area (Å²) >= 11 is 0. The third-order valence-electron chi connectivity index (χ3n) is 3.49. The summed E-state index contributed by atoms with van der Waals surface area (Å²) < 4.78 is 10.4. The van der Waals surface area contributed by atoms with E-state index in [-0.39, 0.29) is 17.9 Å². The van der Waals surface area contributed by atoms with Gasteiger partial charge in [0, 0.05) is 23.2 Å². The van der Waals surface area contributed by atoms with E-state index in [2.05, 4.69) is 10.6 Å². The number of anilines is 1. The zero-order valence-corrected chi connectivity index (χ0v) is 14.8. The van der Waals surface area contributed by atoms with Crippen LogP contribution in [0.3, 0.4) is 0 Å². The van der Waals surface area contributed by atoms with E-state index >= 15 is 0 Å². The number of carbonyl (C=O) groups excluding carboxylic acids is 2. The first-order valence-electron chi connectivity index (χ1n) is 7.89. The van der Waals surface area contributed by atoms with E-state index in [1.54, 1.807) is 49.6 Å². The molecule has 132 valence electrons. The van der Waals surface area contributed by atoms with Gasteiger partial charge in [-0.2, -0.15) is 0 Å². The number of hydrogen-bond donors (Lipinski definition) is 2. The predicted molar refractivity (Wildman–Crippen MR) is 96.5 cm³/mol. The Morgan fingerprint density at radius 1 is 0.880 bits per heavy atom. The molecule has 0 aromatic heterocycles. The Balaban J connectivity index is 2.12. The van der Waals surface area contributed by atoms with Crippen molar-refractivity contribution in [3.8, 4) is 11.5 Å². The molecule has 2 N–H and O–H groups in total. The summed E-state index contributed by atoms with van der Waals surface area (Å²) in [5, 5.41) is 5.60.